The van der Waals surface area contributed by atoms with Gasteiger partial charge < -0.3 is 9.47 Å². The fraction of sp³-hybridized carbons (Fsp3) is 0.304. The molecule has 0 radical (unpaired) electrons. The van der Waals surface area contributed by atoms with E-state index in [2.05, 4.69) is 32.9 Å². The van der Waals surface area contributed by atoms with Gasteiger partial charge in [0.2, 0.25) is 5.78 Å². The monoisotopic (exact) mass is 398 g/mol. The van der Waals surface area contributed by atoms with Gasteiger partial charge in [0, 0.05) is 6.07 Å². The van der Waals surface area contributed by atoms with E-state index in [9.17, 15) is 9.59 Å². The van der Waals surface area contributed by atoms with Crippen LogP contribution in [-0.2, 0) is 10.2 Å². The van der Waals surface area contributed by atoms with E-state index >= 15 is 0 Å². The second-order valence-corrected chi connectivity index (χ2v) is 8.62. The van der Waals surface area contributed by atoms with Crippen molar-refractivity contribution in [3.8, 4) is 11.5 Å². The van der Waals surface area contributed by atoms with E-state index in [1.807, 2.05) is 12.1 Å². The highest BCUT2D eigenvalue weighted by Crippen LogP contribution is 2.37. The molecule has 146 valence electrons. The molecule has 3 rings (SSSR count). The minimum atomic E-state index is -0.761. The second-order valence-electron chi connectivity index (χ2n) is 7.96. The Kier molecular flexibility index (Phi) is 5.35. The van der Waals surface area contributed by atoms with E-state index in [0.717, 1.165) is 5.56 Å². The largest absolute Gasteiger partial charge is 0.452 e. The summed E-state index contributed by atoms with van der Waals surface area (Å²) in [6.45, 7) is 9.77. The number of Topliss-reactive ketones (excluding diaryl/α,β-unsaturated/α-hetero) is 1. The molecule has 0 saturated heterocycles. The van der Waals surface area contributed by atoms with E-state index in [1.54, 1.807) is 25.1 Å². The van der Waals surface area contributed by atoms with Crippen LogP contribution >= 0.6 is 11.6 Å². The van der Waals surface area contributed by atoms with Crippen LogP contribution in [0, 0.1) is 6.92 Å². The molecule has 4 nitrogen and oxygen atoms in total. The van der Waals surface area contributed by atoms with Crippen molar-refractivity contribution in [3.05, 3.63) is 64.4 Å². The summed E-state index contributed by atoms with van der Waals surface area (Å²) >= 11 is 5.74. The Bertz CT molecular complexity index is 963. The van der Waals surface area contributed by atoms with Gasteiger partial charge in [-0.05, 0) is 48.1 Å². The standard InChI is InChI=1S/C23H23ClO4/c1-13-10-17(27-22(26)14(2)24)12-18-20(13)21(25)19(28-18)11-15-6-8-16(9-7-15)23(3,4)5/h6-12,14H,1-5H3/b19-11-. The molecule has 1 aliphatic rings. The third kappa shape index (κ3) is 4.12. The summed E-state index contributed by atoms with van der Waals surface area (Å²) in [4.78, 5) is 24.5. The van der Waals surface area contributed by atoms with Crippen LogP contribution < -0.4 is 9.47 Å². The molecule has 0 aromatic heterocycles. The van der Waals surface area contributed by atoms with Crippen LogP contribution in [0.5, 0.6) is 11.5 Å². The van der Waals surface area contributed by atoms with E-state index < -0.39 is 11.3 Å². The Morgan fingerprint density at radius 2 is 1.82 bits per heavy atom. The van der Waals surface area contributed by atoms with Crippen LogP contribution in [0.25, 0.3) is 6.08 Å². The molecule has 1 heterocycles. The molecule has 1 atom stereocenters. The van der Waals surface area contributed by atoms with Crippen molar-refractivity contribution in [2.24, 2.45) is 0 Å². The lowest BCUT2D eigenvalue weighted by molar-refractivity contribution is -0.133. The number of fused-ring (bicyclic) bond motifs is 1. The molecular formula is C23H23ClO4. The quantitative estimate of drug-likeness (QED) is 0.299. The smallest absolute Gasteiger partial charge is 0.329 e. The van der Waals surface area contributed by atoms with Gasteiger partial charge in [-0.1, -0.05) is 45.0 Å². The molecular weight excluding hydrogens is 376 g/mol. The predicted octanol–water partition coefficient (Wildman–Crippen LogP) is 5.44. The minimum absolute atomic E-state index is 0.0626. The Morgan fingerprint density at radius 3 is 2.39 bits per heavy atom. The fourth-order valence-electron chi connectivity index (χ4n) is 2.96. The van der Waals surface area contributed by atoms with Gasteiger partial charge in [0.15, 0.2) is 5.76 Å². The van der Waals surface area contributed by atoms with Crippen LogP contribution in [0.1, 0.15) is 54.7 Å². The third-order valence-corrected chi connectivity index (χ3v) is 4.74. The first-order chi connectivity index (χ1) is 13.1. The third-order valence-electron chi connectivity index (χ3n) is 4.56. The van der Waals surface area contributed by atoms with Gasteiger partial charge >= 0.3 is 5.97 Å². The van der Waals surface area contributed by atoms with Crippen molar-refractivity contribution < 1.29 is 19.1 Å². The molecule has 1 aliphatic heterocycles. The van der Waals surface area contributed by atoms with Crippen LogP contribution in [-0.4, -0.2) is 17.1 Å². The Balaban J connectivity index is 1.88. The van der Waals surface area contributed by atoms with Crippen molar-refractivity contribution in [3.63, 3.8) is 0 Å². The van der Waals surface area contributed by atoms with Gasteiger partial charge in [0.1, 0.15) is 16.9 Å². The van der Waals surface area contributed by atoms with Crippen LogP contribution in [0.4, 0.5) is 0 Å². The van der Waals surface area contributed by atoms with Gasteiger partial charge in [-0.2, -0.15) is 0 Å². The number of rotatable bonds is 3. The molecule has 0 aliphatic carbocycles. The molecule has 5 heteroatoms. The molecule has 0 amide bonds. The van der Waals surface area contributed by atoms with Gasteiger partial charge in [-0.3, -0.25) is 9.59 Å². The number of benzene rings is 2. The second kappa shape index (κ2) is 7.44. The van der Waals surface area contributed by atoms with E-state index in [1.165, 1.54) is 12.5 Å². The Labute approximate surface area is 170 Å². The number of hydrogen-bond acceptors (Lipinski definition) is 4. The van der Waals surface area contributed by atoms with E-state index in [0.29, 0.717) is 22.6 Å². The van der Waals surface area contributed by atoms with Crippen molar-refractivity contribution in [1.29, 1.82) is 0 Å². The predicted molar refractivity (Wildman–Crippen MR) is 110 cm³/mol. The molecule has 0 fully saturated rings. The first kappa shape index (κ1) is 20.2. The highest BCUT2D eigenvalue weighted by Gasteiger charge is 2.30. The average molecular weight is 399 g/mol. The lowest BCUT2D eigenvalue weighted by atomic mass is 9.86. The summed E-state index contributed by atoms with van der Waals surface area (Å²) < 4.78 is 11.0. The Morgan fingerprint density at radius 1 is 1.18 bits per heavy atom. The highest BCUT2D eigenvalue weighted by molar-refractivity contribution is 6.29. The first-order valence-corrected chi connectivity index (χ1v) is 9.55. The summed E-state index contributed by atoms with van der Waals surface area (Å²) in [7, 11) is 0. The number of aryl methyl sites for hydroxylation is 1. The lowest BCUT2D eigenvalue weighted by Crippen LogP contribution is -2.17. The summed E-state index contributed by atoms with van der Waals surface area (Å²) in [5.74, 6) is 0.191. The molecule has 0 bridgehead atoms. The van der Waals surface area contributed by atoms with Gasteiger partial charge in [-0.15, -0.1) is 11.6 Å². The first-order valence-electron chi connectivity index (χ1n) is 9.11. The zero-order chi connectivity index (χ0) is 20.6. The number of ketones is 1. The number of hydrogen-bond donors (Lipinski definition) is 0. The van der Waals surface area contributed by atoms with Crippen molar-refractivity contribution >= 4 is 29.4 Å². The zero-order valence-electron chi connectivity index (χ0n) is 16.6. The number of alkyl halides is 1. The molecule has 0 spiro atoms. The molecule has 0 N–H and O–H groups in total. The molecule has 2 aromatic carbocycles. The summed E-state index contributed by atoms with van der Waals surface area (Å²) in [6, 6.07) is 11.2. The van der Waals surface area contributed by atoms with Gasteiger partial charge in [0.05, 0.1) is 5.56 Å². The number of carbonyl (C=O) groups is 2. The number of ether oxygens (including phenoxy) is 2. The maximum Gasteiger partial charge on any atom is 0.329 e. The van der Waals surface area contributed by atoms with Crippen molar-refractivity contribution in [2.45, 2.75) is 45.4 Å². The molecule has 0 saturated carbocycles. The van der Waals surface area contributed by atoms with E-state index in [-0.39, 0.29) is 17.0 Å². The normalized spacial score (nSPS) is 15.9. The Hall–Kier alpha value is -2.59. The number of carbonyl (C=O) groups excluding carboxylic acids is 2. The fourth-order valence-corrected chi connectivity index (χ4v) is 3.01. The van der Waals surface area contributed by atoms with E-state index in [4.69, 9.17) is 21.1 Å². The SMILES string of the molecule is Cc1cc(OC(=O)C(C)Cl)cc2c1C(=O)/C(=C/c1ccc(C(C)(C)C)cc1)O2. The molecule has 2 aromatic rings. The van der Waals surface area contributed by atoms with Crippen LogP contribution in [0.2, 0.25) is 0 Å². The maximum absolute atomic E-state index is 12.8. The van der Waals surface area contributed by atoms with Gasteiger partial charge in [-0.25, -0.2) is 0 Å². The van der Waals surface area contributed by atoms with Crippen molar-refractivity contribution in [1.82, 2.24) is 0 Å². The average Bonchev–Trinajstić information content (AvgIpc) is 2.90. The summed E-state index contributed by atoms with van der Waals surface area (Å²) in [6.07, 6.45) is 1.72. The number of halogens is 1. The van der Waals surface area contributed by atoms with Gasteiger partial charge in [0.25, 0.3) is 0 Å². The lowest BCUT2D eigenvalue weighted by Gasteiger charge is -2.18. The minimum Gasteiger partial charge on any atom is -0.452 e. The van der Waals surface area contributed by atoms with Crippen molar-refractivity contribution in [2.75, 3.05) is 0 Å². The van der Waals surface area contributed by atoms with Crippen LogP contribution in [0.3, 0.4) is 0 Å². The summed E-state index contributed by atoms with van der Waals surface area (Å²) in [5, 5.41) is -0.761. The topological polar surface area (TPSA) is 52.6 Å². The number of esters is 1. The maximum atomic E-state index is 12.8. The summed E-state index contributed by atoms with van der Waals surface area (Å²) in [5.41, 5.74) is 3.32. The number of allylic oxidation sites excluding steroid dienone is 1. The highest BCUT2D eigenvalue weighted by atomic mass is 35.5. The molecule has 1 unspecified atom stereocenters. The molecule has 28 heavy (non-hydrogen) atoms. The van der Waals surface area contributed by atoms with Crippen LogP contribution in [0.15, 0.2) is 42.2 Å². The zero-order valence-corrected chi connectivity index (χ0v) is 17.4.